The van der Waals surface area contributed by atoms with E-state index in [1.807, 2.05) is 0 Å². The summed E-state index contributed by atoms with van der Waals surface area (Å²) >= 11 is 0. The van der Waals surface area contributed by atoms with Crippen molar-refractivity contribution in [2.75, 3.05) is 20.3 Å². The van der Waals surface area contributed by atoms with Crippen molar-refractivity contribution >= 4 is 5.91 Å². The van der Waals surface area contributed by atoms with Crippen LogP contribution in [0.2, 0.25) is 0 Å². The van der Waals surface area contributed by atoms with Gasteiger partial charge >= 0.3 is 0 Å². The average Bonchev–Trinajstić information content (AvgIpc) is 2.16. The minimum atomic E-state index is -0.0929. The molecular weight excluding hydrogens is 218 g/mol. The van der Waals surface area contributed by atoms with E-state index in [1.54, 1.807) is 7.11 Å². The van der Waals surface area contributed by atoms with Crippen LogP contribution in [0.4, 0.5) is 0 Å². The fourth-order valence-corrected chi connectivity index (χ4v) is 1.43. The van der Waals surface area contributed by atoms with Crippen LogP contribution < -0.4 is 5.32 Å². The van der Waals surface area contributed by atoms with Crippen molar-refractivity contribution in [2.24, 2.45) is 11.3 Å². The molecule has 0 aromatic heterocycles. The molecule has 0 aliphatic heterocycles. The average molecular weight is 245 g/mol. The molecule has 0 saturated carbocycles. The smallest absolute Gasteiger partial charge is 0.220 e. The number of aliphatic hydroxyl groups is 1. The Kier molecular flexibility index (Phi) is 7.39. The van der Waals surface area contributed by atoms with Gasteiger partial charge in [0.05, 0.1) is 12.6 Å². The number of rotatable bonds is 7. The molecule has 4 nitrogen and oxygen atoms in total. The van der Waals surface area contributed by atoms with Gasteiger partial charge in [-0.3, -0.25) is 4.79 Å². The molecular formula is C13H27NO3. The van der Waals surface area contributed by atoms with Crippen LogP contribution in [0.3, 0.4) is 0 Å². The number of amides is 1. The van der Waals surface area contributed by atoms with Crippen LogP contribution >= 0.6 is 0 Å². The van der Waals surface area contributed by atoms with Gasteiger partial charge in [-0.05, 0) is 17.8 Å². The highest BCUT2D eigenvalue weighted by Crippen LogP contribution is 2.27. The molecule has 2 N–H and O–H groups in total. The fourth-order valence-electron chi connectivity index (χ4n) is 1.43. The zero-order valence-corrected chi connectivity index (χ0v) is 11.7. The summed E-state index contributed by atoms with van der Waals surface area (Å²) in [4.78, 5) is 11.8. The number of ether oxygens (including phenoxy) is 1. The van der Waals surface area contributed by atoms with Crippen molar-refractivity contribution in [2.45, 2.75) is 46.6 Å². The maximum Gasteiger partial charge on any atom is 0.220 e. The largest absolute Gasteiger partial charge is 0.396 e. The van der Waals surface area contributed by atoms with E-state index in [-0.39, 0.29) is 24.0 Å². The van der Waals surface area contributed by atoms with Gasteiger partial charge in [0.1, 0.15) is 0 Å². The van der Waals surface area contributed by atoms with Gasteiger partial charge in [-0.25, -0.2) is 0 Å². The van der Waals surface area contributed by atoms with Gasteiger partial charge in [0.2, 0.25) is 5.91 Å². The van der Waals surface area contributed by atoms with Crippen molar-refractivity contribution in [3.63, 3.8) is 0 Å². The van der Waals surface area contributed by atoms with E-state index in [4.69, 9.17) is 9.84 Å². The highest BCUT2D eigenvalue weighted by Gasteiger charge is 2.23. The van der Waals surface area contributed by atoms with Crippen molar-refractivity contribution < 1.29 is 14.6 Å². The van der Waals surface area contributed by atoms with Gasteiger partial charge in [0.15, 0.2) is 0 Å². The number of hydrogen-bond acceptors (Lipinski definition) is 3. The van der Waals surface area contributed by atoms with Crippen LogP contribution in [-0.4, -0.2) is 37.4 Å². The number of methoxy groups -OCH3 is 1. The summed E-state index contributed by atoms with van der Waals surface area (Å²) in [5, 5.41) is 11.8. The predicted molar refractivity (Wildman–Crippen MR) is 68.7 cm³/mol. The highest BCUT2D eigenvalue weighted by atomic mass is 16.5. The summed E-state index contributed by atoms with van der Waals surface area (Å²) in [6.07, 6.45) is 1.04. The van der Waals surface area contributed by atoms with Crippen molar-refractivity contribution in [3.05, 3.63) is 0 Å². The first-order valence-electron chi connectivity index (χ1n) is 6.20. The van der Waals surface area contributed by atoms with E-state index >= 15 is 0 Å². The third-order valence-electron chi connectivity index (χ3n) is 3.18. The molecule has 0 aliphatic rings. The standard InChI is InChI=1S/C13H27NO3/c1-10(13(2,3)4)8-12(16)14-11(6-7-15)9-17-5/h10-11,15H,6-9H2,1-5H3,(H,14,16). The Labute approximate surface area is 105 Å². The van der Waals surface area contributed by atoms with Crippen LogP contribution in [0.15, 0.2) is 0 Å². The number of aliphatic hydroxyl groups excluding tert-OH is 1. The lowest BCUT2D eigenvalue weighted by molar-refractivity contribution is -0.123. The maximum absolute atomic E-state index is 11.8. The number of nitrogens with one attached hydrogen (secondary N) is 1. The first-order valence-corrected chi connectivity index (χ1v) is 6.20. The summed E-state index contributed by atoms with van der Waals surface area (Å²) < 4.78 is 5.00. The molecule has 0 rings (SSSR count). The number of carbonyl (C=O) groups excluding carboxylic acids is 1. The molecule has 0 fully saturated rings. The topological polar surface area (TPSA) is 58.6 Å². The summed E-state index contributed by atoms with van der Waals surface area (Å²) in [6.45, 7) is 8.97. The van der Waals surface area contributed by atoms with Crippen molar-refractivity contribution in [1.29, 1.82) is 0 Å². The Hall–Kier alpha value is -0.610. The second kappa shape index (κ2) is 7.67. The minimum Gasteiger partial charge on any atom is -0.396 e. The molecule has 0 aliphatic carbocycles. The van der Waals surface area contributed by atoms with Crippen molar-refractivity contribution in [1.82, 2.24) is 5.32 Å². The second-order valence-electron chi connectivity index (χ2n) is 5.70. The molecule has 2 unspecified atom stereocenters. The minimum absolute atomic E-state index is 0.0305. The summed E-state index contributed by atoms with van der Waals surface area (Å²) in [7, 11) is 1.59. The zero-order chi connectivity index (χ0) is 13.5. The molecule has 0 bridgehead atoms. The van der Waals surface area contributed by atoms with E-state index in [0.717, 1.165) is 0 Å². The Morgan fingerprint density at radius 2 is 2.00 bits per heavy atom. The number of carbonyl (C=O) groups is 1. The van der Waals surface area contributed by atoms with Crippen LogP contribution in [0, 0.1) is 11.3 Å². The monoisotopic (exact) mass is 245 g/mol. The third-order valence-corrected chi connectivity index (χ3v) is 3.18. The fraction of sp³-hybridized carbons (Fsp3) is 0.923. The van der Waals surface area contributed by atoms with Crippen LogP contribution in [-0.2, 0) is 9.53 Å². The van der Waals surface area contributed by atoms with E-state index < -0.39 is 0 Å². The van der Waals surface area contributed by atoms with E-state index in [9.17, 15) is 4.79 Å². The first-order chi connectivity index (χ1) is 7.81. The molecule has 17 heavy (non-hydrogen) atoms. The van der Waals surface area contributed by atoms with Gasteiger partial charge in [-0.15, -0.1) is 0 Å². The lowest BCUT2D eigenvalue weighted by atomic mass is 9.80. The molecule has 0 aromatic rings. The molecule has 0 saturated heterocycles. The Morgan fingerprint density at radius 1 is 1.41 bits per heavy atom. The number of hydrogen-bond donors (Lipinski definition) is 2. The quantitative estimate of drug-likeness (QED) is 0.716. The molecule has 4 heteroatoms. The lowest BCUT2D eigenvalue weighted by Crippen LogP contribution is -2.40. The van der Waals surface area contributed by atoms with Crippen LogP contribution in [0.25, 0.3) is 0 Å². The molecule has 1 amide bonds. The SMILES string of the molecule is COCC(CCO)NC(=O)CC(C)C(C)(C)C. The van der Waals surface area contributed by atoms with Gasteiger partial charge < -0.3 is 15.2 Å². The molecule has 0 radical (unpaired) electrons. The van der Waals surface area contributed by atoms with Gasteiger partial charge in [0.25, 0.3) is 0 Å². The molecule has 2 atom stereocenters. The highest BCUT2D eigenvalue weighted by molar-refractivity contribution is 5.76. The molecule has 0 aromatic carbocycles. The van der Waals surface area contributed by atoms with E-state index in [0.29, 0.717) is 25.4 Å². The molecule has 0 heterocycles. The van der Waals surface area contributed by atoms with Gasteiger partial charge in [0, 0.05) is 20.1 Å². The molecule has 102 valence electrons. The Balaban J connectivity index is 4.14. The summed E-state index contributed by atoms with van der Waals surface area (Å²) in [6, 6.07) is -0.0929. The van der Waals surface area contributed by atoms with Gasteiger partial charge in [-0.2, -0.15) is 0 Å². The summed E-state index contributed by atoms with van der Waals surface area (Å²) in [5.74, 6) is 0.350. The Morgan fingerprint density at radius 3 is 2.41 bits per heavy atom. The zero-order valence-electron chi connectivity index (χ0n) is 11.7. The van der Waals surface area contributed by atoms with Crippen molar-refractivity contribution in [3.8, 4) is 0 Å². The predicted octanol–water partition coefficient (Wildman–Crippen LogP) is 1.57. The lowest BCUT2D eigenvalue weighted by Gasteiger charge is -2.27. The maximum atomic E-state index is 11.8. The van der Waals surface area contributed by atoms with Crippen LogP contribution in [0.5, 0.6) is 0 Å². The van der Waals surface area contributed by atoms with Crippen LogP contribution in [0.1, 0.15) is 40.5 Å². The van der Waals surface area contributed by atoms with Gasteiger partial charge in [-0.1, -0.05) is 27.7 Å². The summed E-state index contributed by atoms with van der Waals surface area (Å²) in [5.41, 5.74) is 0.130. The molecule has 0 spiro atoms. The Bertz CT molecular complexity index is 217. The van der Waals surface area contributed by atoms with E-state index in [1.165, 1.54) is 0 Å². The van der Waals surface area contributed by atoms with E-state index in [2.05, 4.69) is 33.0 Å². The second-order valence-corrected chi connectivity index (χ2v) is 5.70. The first kappa shape index (κ1) is 16.4. The normalized spacial score (nSPS) is 15.4. The third kappa shape index (κ3) is 7.34.